The van der Waals surface area contributed by atoms with Gasteiger partial charge in [-0.1, -0.05) is 42.1 Å². The Morgan fingerprint density at radius 1 is 1.11 bits per heavy atom. The average molecular weight is 395 g/mol. The van der Waals surface area contributed by atoms with Crippen molar-refractivity contribution in [1.82, 2.24) is 9.55 Å². The molecule has 4 rings (SSSR count). The van der Waals surface area contributed by atoms with E-state index in [9.17, 15) is 9.59 Å². The summed E-state index contributed by atoms with van der Waals surface area (Å²) in [5, 5.41) is 1.26. The van der Waals surface area contributed by atoms with E-state index in [4.69, 9.17) is 4.74 Å². The van der Waals surface area contributed by atoms with Crippen LogP contribution < -0.4 is 10.5 Å². The first kappa shape index (κ1) is 18.6. The fourth-order valence-electron chi connectivity index (χ4n) is 3.28. The molecular weight excluding hydrogens is 374 g/mol. The van der Waals surface area contributed by atoms with Gasteiger partial charge in [0.1, 0.15) is 6.10 Å². The van der Waals surface area contributed by atoms with E-state index in [0.29, 0.717) is 28.4 Å². The quantitative estimate of drug-likeness (QED) is 0.481. The Morgan fingerprint density at radius 3 is 2.57 bits per heavy atom. The van der Waals surface area contributed by atoms with E-state index in [1.807, 2.05) is 62.4 Å². The molecule has 144 valence electrons. The lowest BCUT2D eigenvalue weighted by Crippen LogP contribution is -2.26. The first-order valence-electron chi connectivity index (χ1n) is 9.22. The van der Waals surface area contributed by atoms with Crippen molar-refractivity contribution in [2.45, 2.75) is 31.1 Å². The highest BCUT2D eigenvalue weighted by Crippen LogP contribution is 2.26. The second kappa shape index (κ2) is 7.67. The van der Waals surface area contributed by atoms with Gasteiger partial charge in [-0.2, -0.15) is 0 Å². The Balaban J connectivity index is 1.55. The number of cyclic esters (lactones) is 1. The molecule has 6 nitrogen and oxygen atoms in total. The predicted octanol–water partition coefficient (Wildman–Crippen LogP) is 4.09. The van der Waals surface area contributed by atoms with Crippen molar-refractivity contribution in [1.29, 1.82) is 0 Å². The Kier molecular flexibility index (Phi) is 5.09. The molecule has 28 heavy (non-hydrogen) atoms. The van der Waals surface area contributed by atoms with Gasteiger partial charge in [-0.25, -0.2) is 9.78 Å². The normalized spacial score (nSPS) is 16.8. The van der Waals surface area contributed by atoms with E-state index in [-0.39, 0.29) is 23.8 Å². The summed E-state index contributed by atoms with van der Waals surface area (Å²) >= 11 is 1.45. The summed E-state index contributed by atoms with van der Waals surface area (Å²) in [6.07, 6.45) is -0.605. The summed E-state index contributed by atoms with van der Waals surface area (Å²) in [6, 6.07) is 16.8. The van der Waals surface area contributed by atoms with Crippen LogP contribution in [-0.2, 0) is 4.74 Å². The third-order valence-corrected chi connectivity index (χ3v) is 5.72. The summed E-state index contributed by atoms with van der Waals surface area (Å²) in [5.41, 5.74) is 1.46. The number of hydrogen-bond acceptors (Lipinski definition) is 5. The van der Waals surface area contributed by atoms with Gasteiger partial charge in [0.2, 0.25) is 0 Å². The molecule has 2 heterocycles. The largest absolute Gasteiger partial charge is 0.443 e. The van der Waals surface area contributed by atoms with Crippen molar-refractivity contribution >= 4 is 34.4 Å². The fraction of sp³-hybridized carbons (Fsp3) is 0.286. The number of fused-ring (bicyclic) bond motifs is 1. The zero-order valence-electron chi connectivity index (χ0n) is 15.7. The molecule has 0 bridgehead atoms. The zero-order valence-corrected chi connectivity index (χ0v) is 16.6. The van der Waals surface area contributed by atoms with Crippen LogP contribution in [0.5, 0.6) is 0 Å². The molecule has 1 aliphatic rings. The van der Waals surface area contributed by atoms with Crippen LogP contribution in [0, 0.1) is 0 Å². The van der Waals surface area contributed by atoms with Crippen molar-refractivity contribution in [3.63, 3.8) is 0 Å². The maximum absolute atomic E-state index is 12.9. The average Bonchev–Trinajstić information content (AvgIpc) is 3.07. The highest BCUT2D eigenvalue weighted by Gasteiger charge is 2.32. The Labute approximate surface area is 167 Å². The van der Waals surface area contributed by atoms with Crippen LogP contribution in [0.1, 0.15) is 19.9 Å². The second-order valence-electron chi connectivity index (χ2n) is 6.94. The number of ether oxygens (including phenoxy) is 1. The first-order chi connectivity index (χ1) is 13.5. The number of nitrogens with zero attached hydrogens (tertiary/aromatic N) is 3. The summed E-state index contributed by atoms with van der Waals surface area (Å²) in [7, 11) is 0. The van der Waals surface area contributed by atoms with Gasteiger partial charge in [0.05, 0.1) is 17.4 Å². The molecule has 0 spiro atoms. The third kappa shape index (κ3) is 3.49. The van der Waals surface area contributed by atoms with Crippen LogP contribution in [0.3, 0.4) is 0 Å². The fourth-order valence-corrected chi connectivity index (χ4v) is 4.38. The molecule has 1 saturated heterocycles. The molecule has 0 saturated carbocycles. The first-order valence-corrected chi connectivity index (χ1v) is 10.2. The highest BCUT2D eigenvalue weighted by molar-refractivity contribution is 7.99. The Bertz CT molecular complexity index is 1070. The lowest BCUT2D eigenvalue weighted by Gasteiger charge is -2.17. The topological polar surface area (TPSA) is 64.4 Å². The van der Waals surface area contributed by atoms with Crippen LogP contribution in [0.4, 0.5) is 10.5 Å². The molecule has 1 aliphatic heterocycles. The smallest absolute Gasteiger partial charge is 0.414 e. The molecule has 3 aromatic rings. The van der Waals surface area contributed by atoms with E-state index < -0.39 is 0 Å². The van der Waals surface area contributed by atoms with Gasteiger partial charge in [-0.05, 0) is 38.1 Å². The predicted molar refractivity (Wildman–Crippen MR) is 111 cm³/mol. The minimum Gasteiger partial charge on any atom is -0.443 e. The number of para-hydroxylation sites is 2. The van der Waals surface area contributed by atoms with Gasteiger partial charge in [-0.15, -0.1) is 0 Å². The molecule has 1 fully saturated rings. The second-order valence-corrected chi connectivity index (χ2v) is 7.93. The molecule has 0 aliphatic carbocycles. The van der Waals surface area contributed by atoms with E-state index in [1.54, 1.807) is 15.5 Å². The van der Waals surface area contributed by atoms with Gasteiger partial charge < -0.3 is 4.74 Å². The van der Waals surface area contributed by atoms with Gasteiger partial charge in [-0.3, -0.25) is 14.3 Å². The summed E-state index contributed by atoms with van der Waals surface area (Å²) in [5.74, 6) is 0.534. The van der Waals surface area contributed by atoms with Crippen LogP contribution in [0.15, 0.2) is 64.5 Å². The zero-order chi connectivity index (χ0) is 19.7. The number of amides is 1. The SMILES string of the molecule is CC(C)n1c(SCC2CN(c3ccccc3)C(=O)O2)nc2ccccc2c1=O. The molecule has 1 amide bonds. The van der Waals surface area contributed by atoms with Crippen LogP contribution in [0.25, 0.3) is 10.9 Å². The van der Waals surface area contributed by atoms with Crippen LogP contribution >= 0.6 is 11.8 Å². The lowest BCUT2D eigenvalue weighted by molar-refractivity contribution is 0.151. The molecule has 7 heteroatoms. The van der Waals surface area contributed by atoms with Crippen molar-refractivity contribution in [2.75, 3.05) is 17.2 Å². The molecule has 1 aromatic heterocycles. The number of aromatic nitrogens is 2. The highest BCUT2D eigenvalue weighted by atomic mass is 32.2. The number of rotatable bonds is 5. The number of carbonyl (C=O) groups excluding carboxylic acids is 1. The number of anilines is 1. The van der Waals surface area contributed by atoms with E-state index in [2.05, 4.69) is 4.98 Å². The molecule has 0 N–H and O–H groups in total. The standard InChI is InChI=1S/C21H21N3O3S/c1-14(2)24-19(25)17-10-6-7-11-18(17)22-20(24)28-13-16-12-23(21(26)27-16)15-8-4-3-5-9-15/h3-11,14,16H,12-13H2,1-2H3. The lowest BCUT2D eigenvalue weighted by atomic mass is 10.2. The Morgan fingerprint density at radius 2 is 1.82 bits per heavy atom. The number of benzene rings is 2. The van der Waals surface area contributed by atoms with Gasteiger partial charge in [0.25, 0.3) is 5.56 Å². The molecular formula is C21H21N3O3S. The summed E-state index contributed by atoms with van der Waals surface area (Å²) < 4.78 is 7.23. The number of hydrogen-bond donors (Lipinski definition) is 0. The number of thioether (sulfide) groups is 1. The molecule has 2 aromatic carbocycles. The van der Waals surface area contributed by atoms with Crippen molar-refractivity contribution in [2.24, 2.45) is 0 Å². The monoisotopic (exact) mass is 395 g/mol. The maximum atomic E-state index is 12.9. The van der Waals surface area contributed by atoms with Gasteiger partial charge >= 0.3 is 6.09 Å². The number of carbonyl (C=O) groups is 1. The van der Waals surface area contributed by atoms with Crippen molar-refractivity contribution in [3.8, 4) is 0 Å². The summed E-state index contributed by atoms with van der Waals surface area (Å²) in [6.45, 7) is 4.42. The van der Waals surface area contributed by atoms with Gasteiger partial charge in [0.15, 0.2) is 5.16 Å². The molecule has 1 atom stereocenters. The van der Waals surface area contributed by atoms with Gasteiger partial charge in [0, 0.05) is 17.5 Å². The Hall–Kier alpha value is -2.80. The molecule has 1 unspecified atom stereocenters. The van der Waals surface area contributed by atoms with Crippen molar-refractivity contribution in [3.05, 3.63) is 65.0 Å². The van der Waals surface area contributed by atoms with Crippen LogP contribution in [-0.4, -0.2) is 34.0 Å². The third-order valence-electron chi connectivity index (χ3n) is 4.63. The maximum Gasteiger partial charge on any atom is 0.414 e. The van der Waals surface area contributed by atoms with E-state index >= 15 is 0 Å². The summed E-state index contributed by atoms with van der Waals surface area (Å²) in [4.78, 5) is 31.4. The van der Waals surface area contributed by atoms with Crippen molar-refractivity contribution < 1.29 is 9.53 Å². The molecule has 0 radical (unpaired) electrons. The van der Waals surface area contributed by atoms with E-state index in [1.165, 1.54) is 11.8 Å². The minimum atomic E-state index is -0.343. The van der Waals surface area contributed by atoms with Crippen LogP contribution in [0.2, 0.25) is 0 Å². The minimum absolute atomic E-state index is 0.0148. The van der Waals surface area contributed by atoms with E-state index in [0.717, 1.165) is 5.69 Å².